The Labute approximate surface area is 150 Å². The van der Waals surface area contributed by atoms with Gasteiger partial charge in [-0.15, -0.1) is 11.3 Å². The number of aryl methyl sites for hydroxylation is 1. The zero-order valence-corrected chi connectivity index (χ0v) is 15.4. The topological polar surface area (TPSA) is 58.1 Å². The van der Waals surface area contributed by atoms with Crippen molar-refractivity contribution in [1.29, 1.82) is 0 Å². The average Bonchev–Trinajstić information content (AvgIpc) is 3.04. The van der Waals surface area contributed by atoms with Crippen LogP contribution in [0.2, 0.25) is 0 Å². The number of thiazole rings is 1. The van der Waals surface area contributed by atoms with Gasteiger partial charge in [-0.1, -0.05) is 17.8 Å². The zero-order chi connectivity index (χ0) is 16.8. The van der Waals surface area contributed by atoms with Crippen LogP contribution in [0.15, 0.2) is 34.1 Å². The third-order valence-electron chi connectivity index (χ3n) is 4.00. The third-order valence-corrected chi connectivity index (χ3v) is 6.14. The molecule has 0 bridgehead atoms. The Balaban J connectivity index is 1.41. The first-order valence-electron chi connectivity index (χ1n) is 8.18. The molecule has 3 rings (SSSR count). The van der Waals surface area contributed by atoms with Crippen LogP contribution in [-0.4, -0.2) is 41.3 Å². The number of pyridine rings is 1. The number of amides is 1. The van der Waals surface area contributed by atoms with Crippen molar-refractivity contribution in [2.75, 3.05) is 30.3 Å². The fourth-order valence-corrected chi connectivity index (χ4v) is 4.49. The van der Waals surface area contributed by atoms with Crippen LogP contribution in [0.25, 0.3) is 0 Å². The predicted octanol–water partition coefficient (Wildman–Crippen LogP) is 2.97. The molecule has 0 aliphatic carbocycles. The van der Waals surface area contributed by atoms with E-state index in [1.54, 1.807) is 11.3 Å². The molecule has 2 aromatic heterocycles. The minimum absolute atomic E-state index is 0.0859. The van der Waals surface area contributed by atoms with E-state index >= 15 is 0 Å². The molecule has 0 saturated carbocycles. The smallest absolute Gasteiger partial charge is 0.230 e. The summed E-state index contributed by atoms with van der Waals surface area (Å²) in [4.78, 5) is 23.1. The summed E-state index contributed by atoms with van der Waals surface area (Å²) in [5.74, 6) is 2.03. The predicted molar refractivity (Wildman–Crippen MR) is 99.8 cm³/mol. The van der Waals surface area contributed by atoms with Crippen LogP contribution >= 0.6 is 23.1 Å². The molecule has 0 radical (unpaired) electrons. The summed E-state index contributed by atoms with van der Waals surface area (Å²) in [6, 6.07) is 6.01. The first kappa shape index (κ1) is 17.2. The molecule has 1 amide bonds. The van der Waals surface area contributed by atoms with Gasteiger partial charge in [0, 0.05) is 36.9 Å². The molecule has 128 valence electrons. The number of hydrogen-bond donors (Lipinski definition) is 1. The Morgan fingerprint density at radius 3 is 3.17 bits per heavy atom. The molecule has 1 aliphatic rings. The van der Waals surface area contributed by atoms with Gasteiger partial charge in [0.2, 0.25) is 5.91 Å². The van der Waals surface area contributed by atoms with Crippen LogP contribution in [0.4, 0.5) is 5.82 Å². The van der Waals surface area contributed by atoms with Crippen LogP contribution in [0.5, 0.6) is 0 Å². The third kappa shape index (κ3) is 4.95. The fourth-order valence-electron chi connectivity index (χ4n) is 2.82. The molecule has 2 aromatic rings. The molecule has 0 unspecified atom stereocenters. The lowest BCUT2D eigenvalue weighted by atomic mass is 9.98. The number of rotatable bonds is 6. The van der Waals surface area contributed by atoms with Crippen LogP contribution in [0.3, 0.4) is 0 Å². The summed E-state index contributed by atoms with van der Waals surface area (Å²) >= 11 is 3.10. The van der Waals surface area contributed by atoms with Crippen molar-refractivity contribution in [3.05, 3.63) is 35.5 Å². The van der Waals surface area contributed by atoms with Gasteiger partial charge in [-0.3, -0.25) is 4.79 Å². The van der Waals surface area contributed by atoms with Gasteiger partial charge in [0.1, 0.15) is 5.82 Å². The SMILES string of the molecule is Cc1csc(SCC(=O)NC[C@H]2CCCN(c3ccccn3)C2)n1. The van der Waals surface area contributed by atoms with Crippen molar-refractivity contribution < 1.29 is 4.79 Å². The van der Waals surface area contributed by atoms with Gasteiger partial charge in [0.15, 0.2) is 4.34 Å². The number of aromatic nitrogens is 2. The second kappa shape index (κ2) is 8.48. The second-order valence-electron chi connectivity index (χ2n) is 5.99. The molecule has 3 heterocycles. The maximum absolute atomic E-state index is 12.0. The van der Waals surface area contributed by atoms with Gasteiger partial charge in [-0.25, -0.2) is 9.97 Å². The number of thioether (sulfide) groups is 1. The highest BCUT2D eigenvalue weighted by Gasteiger charge is 2.21. The Hall–Kier alpha value is -1.60. The van der Waals surface area contributed by atoms with E-state index in [0.29, 0.717) is 11.7 Å². The number of anilines is 1. The summed E-state index contributed by atoms with van der Waals surface area (Å²) < 4.78 is 0.960. The first-order valence-corrected chi connectivity index (χ1v) is 10.0. The van der Waals surface area contributed by atoms with Crippen molar-refractivity contribution in [2.45, 2.75) is 24.1 Å². The maximum Gasteiger partial charge on any atom is 0.230 e. The van der Waals surface area contributed by atoms with E-state index in [4.69, 9.17) is 0 Å². The molecule has 0 aromatic carbocycles. The molecular formula is C17H22N4OS2. The van der Waals surface area contributed by atoms with Crippen LogP contribution in [-0.2, 0) is 4.79 Å². The highest BCUT2D eigenvalue weighted by Crippen LogP contribution is 2.23. The van der Waals surface area contributed by atoms with Gasteiger partial charge in [0.05, 0.1) is 5.75 Å². The lowest BCUT2D eigenvalue weighted by molar-refractivity contribution is -0.118. The summed E-state index contributed by atoms with van der Waals surface area (Å²) in [5.41, 5.74) is 1.01. The van der Waals surface area contributed by atoms with Crippen molar-refractivity contribution in [2.24, 2.45) is 5.92 Å². The Kier molecular flexibility index (Phi) is 6.09. The van der Waals surface area contributed by atoms with Crippen LogP contribution in [0.1, 0.15) is 18.5 Å². The first-order chi connectivity index (χ1) is 11.7. The van der Waals surface area contributed by atoms with E-state index in [-0.39, 0.29) is 5.91 Å². The second-order valence-corrected chi connectivity index (χ2v) is 8.07. The number of nitrogens with zero attached hydrogens (tertiary/aromatic N) is 3. The van der Waals surface area contributed by atoms with Gasteiger partial charge in [0.25, 0.3) is 0 Å². The molecule has 1 aliphatic heterocycles. The van der Waals surface area contributed by atoms with E-state index in [1.165, 1.54) is 11.8 Å². The summed E-state index contributed by atoms with van der Waals surface area (Å²) in [5, 5.41) is 5.08. The number of carbonyl (C=O) groups is 1. The minimum atomic E-state index is 0.0859. The summed E-state index contributed by atoms with van der Waals surface area (Å²) in [6.45, 7) is 4.70. The van der Waals surface area contributed by atoms with Crippen LogP contribution < -0.4 is 10.2 Å². The summed E-state index contributed by atoms with van der Waals surface area (Å²) in [6.07, 6.45) is 4.13. The maximum atomic E-state index is 12.0. The Morgan fingerprint density at radius 2 is 2.42 bits per heavy atom. The normalized spacial score (nSPS) is 17.7. The highest BCUT2D eigenvalue weighted by atomic mass is 32.2. The van der Waals surface area contributed by atoms with Gasteiger partial charge >= 0.3 is 0 Å². The molecule has 5 nitrogen and oxygen atoms in total. The van der Waals surface area contributed by atoms with E-state index < -0.39 is 0 Å². The van der Waals surface area contributed by atoms with E-state index in [0.717, 1.165) is 48.3 Å². The van der Waals surface area contributed by atoms with Crippen molar-refractivity contribution >= 4 is 34.8 Å². The van der Waals surface area contributed by atoms with Crippen molar-refractivity contribution in [3.8, 4) is 0 Å². The van der Waals surface area contributed by atoms with E-state index in [9.17, 15) is 4.79 Å². The number of nitrogens with one attached hydrogen (secondary N) is 1. The monoisotopic (exact) mass is 362 g/mol. The number of hydrogen-bond acceptors (Lipinski definition) is 6. The Morgan fingerprint density at radius 1 is 1.50 bits per heavy atom. The molecule has 0 spiro atoms. The van der Waals surface area contributed by atoms with Crippen molar-refractivity contribution in [3.63, 3.8) is 0 Å². The molecular weight excluding hydrogens is 340 g/mol. The fraction of sp³-hybridized carbons (Fsp3) is 0.471. The van der Waals surface area contributed by atoms with E-state index in [2.05, 4.69) is 20.2 Å². The van der Waals surface area contributed by atoms with Gasteiger partial charge in [-0.2, -0.15) is 0 Å². The largest absolute Gasteiger partial charge is 0.356 e. The molecule has 1 atom stereocenters. The van der Waals surface area contributed by atoms with Gasteiger partial charge in [-0.05, 0) is 37.8 Å². The number of piperidine rings is 1. The molecule has 7 heteroatoms. The lowest BCUT2D eigenvalue weighted by Gasteiger charge is -2.33. The summed E-state index contributed by atoms with van der Waals surface area (Å²) in [7, 11) is 0. The standard InChI is InChI=1S/C17H22N4OS2/c1-13-11-23-17(20-13)24-12-16(22)19-9-14-5-4-8-21(10-14)15-6-2-3-7-18-15/h2-3,6-7,11,14H,4-5,8-10,12H2,1H3,(H,19,22)/t14-/m1/s1. The zero-order valence-electron chi connectivity index (χ0n) is 13.8. The minimum Gasteiger partial charge on any atom is -0.356 e. The molecule has 1 saturated heterocycles. The number of carbonyl (C=O) groups excluding carboxylic acids is 1. The van der Waals surface area contributed by atoms with Crippen molar-refractivity contribution in [1.82, 2.24) is 15.3 Å². The molecule has 1 N–H and O–H groups in total. The quantitative estimate of drug-likeness (QED) is 0.801. The molecule has 1 fully saturated rings. The van der Waals surface area contributed by atoms with Crippen LogP contribution in [0, 0.1) is 12.8 Å². The lowest BCUT2D eigenvalue weighted by Crippen LogP contribution is -2.41. The highest BCUT2D eigenvalue weighted by molar-refractivity contribution is 8.01. The Bertz CT molecular complexity index is 662. The van der Waals surface area contributed by atoms with E-state index in [1.807, 2.05) is 36.7 Å². The average molecular weight is 363 g/mol. The van der Waals surface area contributed by atoms with Gasteiger partial charge < -0.3 is 10.2 Å². The molecule has 24 heavy (non-hydrogen) atoms.